The monoisotopic (exact) mass is 449 g/mol. The topological polar surface area (TPSA) is 129 Å². The molecular weight excluding hydrogens is 418 g/mol. The molecule has 0 saturated carbocycles. The molecule has 10 nitrogen and oxygen atoms in total. The number of hydrogen-bond donors (Lipinski definition) is 3. The smallest absolute Gasteiger partial charge is 0.414 e. The van der Waals surface area contributed by atoms with Crippen LogP contribution in [0.15, 0.2) is 18.2 Å². The molecule has 3 heterocycles. The first-order valence-electron chi connectivity index (χ1n) is 11.0. The van der Waals surface area contributed by atoms with Crippen LogP contribution in [0.3, 0.4) is 0 Å². The molecule has 0 bridgehead atoms. The number of fused-ring (bicyclic) bond motifs is 1. The minimum absolute atomic E-state index is 0.0419. The van der Waals surface area contributed by atoms with Gasteiger partial charge in [-0.05, 0) is 57.8 Å². The second-order valence-corrected chi connectivity index (χ2v) is 8.21. The molecule has 176 valence electrons. The molecule has 1 unspecified atom stereocenters. The highest BCUT2D eigenvalue weighted by molar-refractivity contribution is 6.27. The van der Waals surface area contributed by atoms with E-state index >= 15 is 0 Å². The van der Waals surface area contributed by atoms with Crippen molar-refractivity contribution in [2.24, 2.45) is 0 Å². The Kier molecular flexibility index (Phi) is 8.29. The summed E-state index contributed by atoms with van der Waals surface area (Å²) in [6.07, 6.45) is 6.40. The third kappa shape index (κ3) is 6.33. The van der Waals surface area contributed by atoms with E-state index in [0.717, 1.165) is 24.5 Å². The Labute approximate surface area is 187 Å². The standard InChI is InChI=1S/C20H29N3O3.C2H2O4/c1-15(20(24)21-16-5-6-18-19(13-16)26-14-25-18)22-11-7-17(8-12-22)23-9-3-2-4-10-23;3-1(4)2(5)6/h5-6,13,15,17H,2-4,7-12,14H2,1H3,(H,21,24);(H,3,4)(H,5,6). The Hall–Kier alpha value is -2.85. The molecular formula is C22H31N3O7. The fraction of sp³-hybridized carbons (Fsp3) is 0.591. The number of hydrogen-bond acceptors (Lipinski definition) is 7. The fourth-order valence-corrected chi connectivity index (χ4v) is 4.31. The van der Waals surface area contributed by atoms with Gasteiger partial charge in [-0.15, -0.1) is 0 Å². The quantitative estimate of drug-likeness (QED) is 0.590. The molecule has 10 heteroatoms. The first-order chi connectivity index (χ1) is 15.3. The van der Waals surface area contributed by atoms with E-state index in [4.69, 9.17) is 29.3 Å². The highest BCUT2D eigenvalue weighted by Gasteiger charge is 2.30. The average Bonchev–Trinajstić information content (AvgIpc) is 3.27. The third-order valence-electron chi connectivity index (χ3n) is 6.16. The molecule has 3 aliphatic rings. The predicted octanol–water partition coefficient (Wildman–Crippen LogP) is 1.85. The summed E-state index contributed by atoms with van der Waals surface area (Å²) in [7, 11) is 0. The molecule has 0 aromatic heterocycles. The molecule has 3 N–H and O–H groups in total. The summed E-state index contributed by atoms with van der Waals surface area (Å²) in [6.45, 7) is 6.75. The maximum Gasteiger partial charge on any atom is 0.414 e. The van der Waals surface area contributed by atoms with Crippen molar-refractivity contribution in [3.63, 3.8) is 0 Å². The fourth-order valence-electron chi connectivity index (χ4n) is 4.31. The molecule has 1 amide bonds. The van der Waals surface area contributed by atoms with Crippen molar-refractivity contribution >= 4 is 23.5 Å². The number of aliphatic carboxylic acids is 2. The van der Waals surface area contributed by atoms with Crippen LogP contribution in [0.4, 0.5) is 5.69 Å². The van der Waals surface area contributed by atoms with Gasteiger partial charge in [-0.1, -0.05) is 6.42 Å². The number of carbonyl (C=O) groups is 3. The van der Waals surface area contributed by atoms with Gasteiger partial charge < -0.3 is 29.9 Å². The van der Waals surface area contributed by atoms with E-state index in [1.807, 2.05) is 25.1 Å². The summed E-state index contributed by atoms with van der Waals surface area (Å²) in [4.78, 5) is 35.8. The number of nitrogens with zero attached hydrogens (tertiary/aromatic N) is 2. The zero-order valence-corrected chi connectivity index (χ0v) is 18.3. The molecule has 1 atom stereocenters. The Morgan fingerprint density at radius 2 is 1.59 bits per heavy atom. The molecule has 32 heavy (non-hydrogen) atoms. The van der Waals surface area contributed by atoms with Crippen molar-refractivity contribution in [1.29, 1.82) is 0 Å². The van der Waals surface area contributed by atoms with Crippen LogP contribution in [0.2, 0.25) is 0 Å². The van der Waals surface area contributed by atoms with Gasteiger partial charge in [0.2, 0.25) is 12.7 Å². The molecule has 3 aliphatic heterocycles. The summed E-state index contributed by atoms with van der Waals surface area (Å²) >= 11 is 0. The van der Waals surface area contributed by atoms with Gasteiger partial charge in [0.25, 0.3) is 0 Å². The van der Waals surface area contributed by atoms with E-state index in [1.165, 1.54) is 45.2 Å². The number of benzene rings is 1. The van der Waals surface area contributed by atoms with Crippen LogP contribution in [-0.4, -0.2) is 82.9 Å². The van der Waals surface area contributed by atoms with E-state index < -0.39 is 11.9 Å². The summed E-state index contributed by atoms with van der Waals surface area (Å²) in [5, 5.41) is 17.8. The highest BCUT2D eigenvalue weighted by Crippen LogP contribution is 2.34. The first kappa shape index (κ1) is 23.8. The van der Waals surface area contributed by atoms with E-state index in [1.54, 1.807) is 0 Å². The molecule has 1 aromatic carbocycles. The molecule has 0 radical (unpaired) electrons. The third-order valence-corrected chi connectivity index (χ3v) is 6.16. The van der Waals surface area contributed by atoms with Gasteiger partial charge in [0.05, 0.1) is 6.04 Å². The summed E-state index contributed by atoms with van der Waals surface area (Å²) in [5.74, 6) is -2.18. The lowest BCUT2D eigenvalue weighted by Crippen LogP contribution is -2.51. The van der Waals surface area contributed by atoms with Gasteiger partial charge in [-0.3, -0.25) is 9.69 Å². The molecule has 0 spiro atoms. The second-order valence-electron chi connectivity index (χ2n) is 8.21. The maximum atomic E-state index is 12.7. The van der Waals surface area contributed by atoms with Crippen molar-refractivity contribution in [3.8, 4) is 11.5 Å². The van der Waals surface area contributed by atoms with Gasteiger partial charge in [0.15, 0.2) is 11.5 Å². The zero-order valence-electron chi connectivity index (χ0n) is 18.3. The molecule has 2 saturated heterocycles. The lowest BCUT2D eigenvalue weighted by molar-refractivity contribution is -0.159. The van der Waals surface area contributed by atoms with Crippen LogP contribution in [0.25, 0.3) is 0 Å². The number of piperidine rings is 2. The number of likely N-dealkylation sites (tertiary alicyclic amines) is 2. The number of carbonyl (C=O) groups excluding carboxylic acids is 1. The normalized spacial score (nSPS) is 20.0. The number of nitrogens with one attached hydrogen (secondary N) is 1. The number of anilines is 1. The van der Waals surface area contributed by atoms with Crippen LogP contribution in [-0.2, 0) is 14.4 Å². The summed E-state index contributed by atoms with van der Waals surface area (Å²) < 4.78 is 10.7. The lowest BCUT2D eigenvalue weighted by atomic mass is 9.99. The average molecular weight is 450 g/mol. The van der Waals surface area contributed by atoms with Gasteiger partial charge in [-0.2, -0.15) is 0 Å². The SMILES string of the molecule is CC(C(=O)Nc1ccc2c(c1)OCO2)N1CCC(N2CCCCC2)CC1.O=C(O)C(=O)O. The largest absolute Gasteiger partial charge is 0.473 e. The van der Waals surface area contributed by atoms with Crippen molar-refractivity contribution in [2.45, 2.75) is 51.1 Å². The van der Waals surface area contributed by atoms with Crippen molar-refractivity contribution in [2.75, 3.05) is 38.3 Å². The van der Waals surface area contributed by atoms with Gasteiger partial charge in [-0.25, -0.2) is 9.59 Å². The molecule has 4 rings (SSSR count). The minimum Gasteiger partial charge on any atom is -0.473 e. The van der Waals surface area contributed by atoms with Crippen molar-refractivity contribution in [3.05, 3.63) is 18.2 Å². The maximum absolute atomic E-state index is 12.7. The lowest BCUT2D eigenvalue weighted by Gasteiger charge is -2.41. The van der Waals surface area contributed by atoms with Crippen LogP contribution in [0.1, 0.15) is 39.0 Å². The van der Waals surface area contributed by atoms with Gasteiger partial charge in [0.1, 0.15) is 0 Å². The molecule has 0 aliphatic carbocycles. The first-order valence-corrected chi connectivity index (χ1v) is 11.0. The van der Waals surface area contributed by atoms with Crippen molar-refractivity contribution in [1.82, 2.24) is 9.80 Å². The zero-order chi connectivity index (χ0) is 23.1. The number of ether oxygens (including phenoxy) is 2. The number of amides is 1. The van der Waals surface area contributed by atoms with Crippen molar-refractivity contribution < 1.29 is 34.1 Å². The Bertz CT molecular complexity index is 806. The molecule has 2 fully saturated rings. The van der Waals surface area contributed by atoms with E-state index in [9.17, 15) is 4.79 Å². The van der Waals surface area contributed by atoms with Gasteiger partial charge >= 0.3 is 11.9 Å². The number of rotatable bonds is 4. The second kappa shape index (κ2) is 11.1. The predicted molar refractivity (Wildman–Crippen MR) is 116 cm³/mol. The highest BCUT2D eigenvalue weighted by atomic mass is 16.7. The minimum atomic E-state index is -1.82. The van der Waals surface area contributed by atoms with Gasteiger partial charge in [0, 0.05) is 30.9 Å². The summed E-state index contributed by atoms with van der Waals surface area (Å²) in [6, 6.07) is 6.11. The molecule has 1 aromatic rings. The number of carboxylic acid groups (broad SMARTS) is 2. The van der Waals surface area contributed by atoms with E-state index in [0.29, 0.717) is 11.8 Å². The Morgan fingerprint density at radius 1 is 0.969 bits per heavy atom. The van der Waals surface area contributed by atoms with Crippen LogP contribution < -0.4 is 14.8 Å². The van der Waals surface area contributed by atoms with Crippen LogP contribution in [0.5, 0.6) is 11.5 Å². The van der Waals surface area contributed by atoms with E-state index in [-0.39, 0.29) is 18.7 Å². The Balaban J connectivity index is 0.000000427. The number of carboxylic acids is 2. The summed E-state index contributed by atoms with van der Waals surface area (Å²) in [5.41, 5.74) is 0.759. The van der Waals surface area contributed by atoms with E-state index in [2.05, 4.69) is 15.1 Å². The van der Waals surface area contributed by atoms with Crippen LogP contribution in [0, 0.1) is 0 Å². The van der Waals surface area contributed by atoms with Crippen LogP contribution >= 0.6 is 0 Å². The Morgan fingerprint density at radius 3 is 2.22 bits per heavy atom.